The van der Waals surface area contributed by atoms with Crippen LogP contribution in [0.1, 0.15) is 16.1 Å². The standard InChI is InChI=1S/C24H23N5O2/c30-24(28-15-13-27(14-16-28)22-5-1-3-11-25-22)19-7-9-21(10-8-19)31-18-20-17-29-12-4-2-6-23(29)26-20/h1-12,17H,13-16,18H2/p+1. The molecule has 7 heteroatoms. The smallest absolute Gasteiger partial charge is 0.274 e. The van der Waals surface area contributed by atoms with Gasteiger partial charge in [0.15, 0.2) is 0 Å². The van der Waals surface area contributed by atoms with Crippen LogP contribution in [0.5, 0.6) is 5.75 Å². The summed E-state index contributed by atoms with van der Waals surface area (Å²) in [6, 6.07) is 19.3. The van der Waals surface area contributed by atoms with Crippen LogP contribution in [-0.2, 0) is 6.61 Å². The van der Waals surface area contributed by atoms with Crippen molar-refractivity contribution in [2.45, 2.75) is 6.61 Å². The number of imidazole rings is 1. The number of nitrogens with one attached hydrogen (secondary N) is 1. The summed E-state index contributed by atoms with van der Waals surface area (Å²) < 4.78 is 7.82. The van der Waals surface area contributed by atoms with Crippen molar-refractivity contribution in [2.24, 2.45) is 0 Å². The highest BCUT2D eigenvalue weighted by molar-refractivity contribution is 5.94. The number of hydrogen-bond acceptors (Lipinski definition) is 4. The number of H-pyrrole nitrogens is 1. The Morgan fingerprint density at radius 1 is 0.968 bits per heavy atom. The summed E-state index contributed by atoms with van der Waals surface area (Å²) >= 11 is 0. The first kappa shape index (κ1) is 19.1. The van der Waals surface area contributed by atoms with E-state index in [2.05, 4.69) is 20.9 Å². The quantitative estimate of drug-likeness (QED) is 0.504. The molecule has 1 amide bonds. The molecule has 7 nitrogen and oxygen atoms in total. The van der Waals surface area contributed by atoms with Gasteiger partial charge in [0.1, 0.15) is 31.1 Å². The maximum atomic E-state index is 12.9. The van der Waals surface area contributed by atoms with Gasteiger partial charge in [-0.2, -0.15) is 0 Å². The van der Waals surface area contributed by atoms with Crippen LogP contribution in [0.3, 0.4) is 0 Å². The van der Waals surface area contributed by atoms with E-state index < -0.39 is 0 Å². The first-order valence-corrected chi connectivity index (χ1v) is 10.4. The molecule has 1 aliphatic heterocycles. The lowest BCUT2D eigenvalue weighted by Crippen LogP contribution is -2.50. The van der Waals surface area contributed by atoms with Gasteiger partial charge in [0.2, 0.25) is 0 Å². The van der Waals surface area contributed by atoms with Crippen molar-refractivity contribution in [3.8, 4) is 5.75 Å². The second-order valence-electron chi connectivity index (χ2n) is 7.54. The number of rotatable bonds is 5. The average molecular weight is 414 g/mol. The number of fused-ring (bicyclic) bond motifs is 1. The number of aromatic nitrogens is 3. The van der Waals surface area contributed by atoms with Gasteiger partial charge in [-0.05, 0) is 42.5 Å². The highest BCUT2D eigenvalue weighted by atomic mass is 16.5. The predicted molar refractivity (Wildman–Crippen MR) is 117 cm³/mol. The lowest BCUT2D eigenvalue weighted by Gasteiger charge is -2.31. The summed E-state index contributed by atoms with van der Waals surface area (Å²) in [7, 11) is 0. The molecule has 1 fully saturated rings. The molecule has 1 aliphatic rings. The molecule has 3 aromatic heterocycles. The van der Waals surface area contributed by atoms with Gasteiger partial charge < -0.3 is 14.0 Å². The average Bonchev–Trinajstić information content (AvgIpc) is 3.26. The number of aromatic amines is 1. The van der Waals surface area contributed by atoms with E-state index >= 15 is 0 Å². The molecule has 4 aromatic rings. The van der Waals surface area contributed by atoms with E-state index in [0.29, 0.717) is 25.3 Å². The SMILES string of the molecule is O=C(c1ccc(OCc2cn3ccccc3n2)cc1)N1CCN(c2cccc[nH+]2)CC1. The van der Waals surface area contributed by atoms with Gasteiger partial charge in [-0.1, -0.05) is 12.1 Å². The van der Waals surface area contributed by atoms with Crippen LogP contribution >= 0.6 is 0 Å². The van der Waals surface area contributed by atoms with Crippen LogP contribution in [0, 0.1) is 0 Å². The molecule has 0 radical (unpaired) electrons. The Hall–Kier alpha value is -3.87. The highest BCUT2D eigenvalue weighted by Gasteiger charge is 2.26. The Morgan fingerprint density at radius 2 is 1.77 bits per heavy atom. The van der Waals surface area contributed by atoms with Crippen LogP contribution in [0.4, 0.5) is 5.82 Å². The molecule has 0 bridgehead atoms. The fourth-order valence-corrected chi connectivity index (χ4v) is 3.82. The number of carbonyl (C=O) groups is 1. The third-order valence-corrected chi connectivity index (χ3v) is 5.50. The molecule has 0 saturated carbocycles. The molecule has 1 saturated heterocycles. The number of pyridine rings is 2. The predicted octanol–water partition coefficient (Wildman–Crippen LogP) is 2.69. The van der Waals surface area contributed by atoms with Gasteiger partial charge in [-0.3, -0.25) is 9.69 Å². The fourth-order valence-electron chi connectivity index (χ4n) is 3.82. The molecule has 1 aromatic carbocycles. The third-order valence-electron chi connectivity index (χ3n) is 5.50. The second kappa shape index (κ2) is 8.47. The van der Waals surface area contributed by atoms with Gasteiger partial charge in [-0.15, -0.1) is 0 Å². The Labute approximate surface area is 180 Å². The second-order valence-corrected chi connectivity index (χ2v) is 7.54. The zero-order valence-corrected chi connectivity index (χ0v) is 17.1. The number of anilines is 1. The lowest BCUT2D eigenvalue weighted by molar-refractivity contribution is -0.364. The summed E-state index contributed by atoms with van der Waals surface area (Å²) in [5.74, 6) is 1.86. The number of ether oxygens (including phenoxy) is 1. The van der Waals surface area contributed by atoms with Gasteiger partial charge in [0.05, 0.1) is 25.0 Å². The van der Waals surface area contributed by atoms with Crippen molar-refractivity contribution in [3.05, 3.63) is 90.5 Å². The Balaban J connectivity index is 1.16. The topological polar surface area (TPSA) is 64.2 Å². The Bertz CT molecular complexity index is 1130. The fraction of sp³-hybridized carbons (Fsp3) is 0.208. The molecule has 1 N–H and O–H groups in total. The van der Waals surface area contributed by atoms with Crippen LogP contribution in [-0.4, -0.2) is 46.4 Å². The van der Waals surface area contributed by atoms with E-state index in [1.54, 1.807) is 0 Å². The number of carbonyl (C=O) groups excluding carboxylic acids is 1. The van der Waals surface area contributed by atoms with E-state index in [9.17, 15) is 4.79 Å². The van der Waals surface area contributed by atoms with Crippen molar-refractivity contribution < 1.29 is 14.5 Å². The van der Waals surface area contributed by atoms with Gasteiger partial charge in [0.25, 0.3) is 11.7 Å². The van der Waals surface area contributed by atoms with E-state index in [-0.39, 0.29) is 5.91 Å². The van der Waals surface area contributed by atoms with Crippen LogP contribution in [0.15, 0.2) is 79.3 Å². The zero-order valence-electron chi connectivity index (χ0n) is 17.1. The number of amides is 1. The molecular formula is C24H24N5O2+. The number of nitrogens with zero attached hydrogens (tertiary/aromatic N) is 4. The molecule has 0 aliphatic carbocycles. The largest absolute Gasteiger partial charge is 0.487 e. The first-order valence-electron chi connectivity index (χ1n) is 10.4. The number of hydrogen-bond donors (Lipinski definition) is 0. The molecule has 31 heavy (non-hydrogen) atoms. The summed E-state index contributed by atoms with van der Waals surface area (Å²) in [6.45, 7) is 3.41. The first-order chi connectivity index (χ1) is 15.3. The molecular weight excluding hydrogens is 390 g/mol. The summed E-state index contributed by atoms with van der Waals surface area (Å²) in [4.78, 5) is 24.8. The zero-order chi connectivity index (χ0) is 21.0. The van der Waals surface area contributed by atoms with E-state index in [4.69, 9.17) is 4.74 Å². The minimum atomic E-state index is 0.0589. The number of benzene rings is 1. The normalized spacial score (nSPS) is 14.1. The van der Waals surface area contributed by atoms with Crippen LogP contribution < -0.4 is 14.6 Å². The summed E-state index contributed by atoms with van der Waals surface area (Å²) in [5, 5.41) is 0. The Morgan fingerprint density at radius 3 is 2.52 bits per heavy atom. The van der Waals surface area contributed by atoms with Crippen LogP contribution in [0.25, 0.3) is 5.65 Å². The molecule has 156 valence electrons. The van der Waals surface area contributed by atoms with Crippen molar-refractivity contribution in [1.82, 2.24) is 14.3 Å². The number of piperazine rings is 1. The van der Waals surface area contributed by atoms with E-state index in [1.807, 2.05) is 82.5 Å². The summed E-state index contributed by atoms with van der Waals surface area (Å²) in [6.07, 6.45) is 5.84. The monoisotopic (exact) mass is 414 g/mol. The molecule has 0 spiro atoms. The van der Waals surface area contributed by atoms with Crippen molar-refractivity contribution in [2.75, 3.05) is 31.1 Å². The third kappa shape index (κ3) is 4.21. The van der Waals surface area contributed by atoms with E-state index in [0.717, 1.165) is 36.0 Å². The minimum absolute atomic E-state index is 0.0589. The minimum Gasteiger partial charge on any atom is -0.487 e. The van der Waals surface area contributed by atoms with Gasteiger partial charge in [-0.25, -0.2) is 9.97 Å². The van der Waals surface area contributed by atoms with Crippen molar-refractivity contribution in [3.63, 3.8) is 0 Å². The van der Waals surface area contributed by atoms with Gasteiger partial charge in [0, 0.05) is 24.0 Å². The maximum absolute atomic E-state index is 12.9. The van der Waals surface area contributed by atoms with E-state index in [1.165, 1.54) is 0 Å². The van der Waals surface area contributed by atoms with Crippen molar-refractivity contribution >= 4 is 17.4 Å². The molecule has 0 atom stereocenters. The Kier molecular flexibility index (Phi) is 5.22. The molecule has 0 unspecified atom stereocenters. The van der Waals surface area contributed by atoms with Crippen LogP contribution in [0.2, 0.25) is 0 Å². The lowest BCUT2D eigenvalue weighted by atomic mass is 10.1. The molecule has 4 heterocycles. The molecule has 5 rings (SSSR count). The highest BCUT2D eigenvalue weighted by Crippen LogP contribution is 2.17. The summed E-state index contributed by atoms with van der Waals surface area (Å²) in [5.41, 5.74) is 2.44. The maximum Gasteiger partial charge on any atom is 0.274 e. The van der Waals surface area contributed by atoms with Crippen molar-refractivity contribution in [1.29, 1.82) is 0 Å². The van der Waals surface area contributed by atoms with Gasteiger partial charge >= 0.3 is 0 Å².